The second-order valence-corrected chi connectivity index (χ2v) is 7.32. The number of ether oxygens (including phenoxy) is 1. The van der Waals surface area contributed by atoms with Crippen LogP contribution in [0.25, 0.3) is 0 Å². The van der Waals surface area contributed by atoms with Gasteiger partial charge in [-0.05, 0) is 6.07 Å². The number of aromatic nitrogens is 1. The average Bonchev–Trinajstić information content (AvgIpc) is 3.01. The van der Waals surface area contributed by atoms with Gasteiger partial charge in [-0.1, -0.05) is 19.9 Å². The number of nitrogens with zero attached hydrogens (tertiary/aromatic N) is 2. The molecule has 0 saturated heterocycles. The Morgan fingerprint density at radius 1 is 1.30 bits per heavy atom. The minimum absolute atomic E-state index is 0.0374. The molecule has 0 radical (unpaired) electrons. The lowest BCUT2D eigenvalue weighted by atomic mass is 10.4. The number of hydrogen-bond donors (Lipinski definition) is 2. The molecule has 0 fully saturated rings. The molecule has 11 heteroatoms. The molecule has 0 saturated carbocycles. The molecule has 27 heavy (non-hydrogen) atoms. The summed E-state index contributed by atoms with van der Waals surface area (Å²) >= 11 is 0. The highest BCUT2D eigenvalue weighted by Crippen LogP contribution is 2.18. The van der Waals surface area contributed by atoms with Crippen molar-refractivity contribution >= 4 is 27.9 Å². The molecule has 3 amide bonds. The third kappa shape index (κ3) is 5.93. The third-order valence-electron chi connectivity index (χ3n) is 3.53. The zero-order valence-electron chi connectivity index (χ0n) is 15.5. The number of carbonyl (C=O) groups excluding carboxylic acids is 3. The van der Waals surface area contributed by atoms with Crippen molar-refractivity contribution in [2.45, 2.75) is 18.7 Å². The van der Waals surface area contributed by atoms with E-state index in [0.29, 0.717) is 13.1 Å². The van der Waals surface area contributed by atoms with Gasteiger partial charge in [0.25, 0.3) is 5.91 Å². The zero-order chi connectivity index (χ0) is 20.6. The summed E-state index contributed by atoms with van der Waals surface area (Å²) in [7, 11) is -2.24. The van der Waals surface area contributed by atoms with E-state index in [-0.39, 0.29) is 17.1 Å². The first-order valence-electron chi connectivity index (χ1n) is 8.19. The Morgan fingerprint density at radius 3 is 2.48 bits per heavy atom. The quantitative estimate of drug-likeness (QED) is 0.451. The highest BCUT2D eigenvalue weighted by Gasteiger charge is 2.26. The summed E-state index contributed by atoms with van der Waals surface area (Å²) in [6.45, 7) is 6.90. The van der Waals surface area contributed by atoms with E-state index in [9.17, 15) is 22.8 Å². The van der Waals surface area contributed by atoms with Crippen LogP contribution in [0.1, 0.15) is 24.3 Å². The van der Waals surface area contributed by atoms with Crippen molar-refractivity contribution in [3.63, 3.8) is 0 Å². The van der Waals surface area contributed by atoms with E-state index in [2.05, 4.69) is 11.9 Å². The van der Waals surface area contributed by atoms with Crippen LogP contribution in [0.5, 0.6) is 0 Å². The molecule has 1 rings (SSSR count). The average molecular weight is 400 g/mol. The van der Waals surface area contributed by atoms with Crippen LogP contribution in [-0.2, 0) is 26.6 Å². The van der Waals surface area contributed by atoms with Crippen LogP contribution in [0.4, 0.5) is 4.79 Å². The maximum atomic E-state index is 12.5. The molecule has 1 heterocycles. The Bertz CT molecular complexity index is 811. The predicted molar refractivity (Wildman–Crippen MR) is 97.5 cm³/mol. The molecule has 0 unspecified atom stereocenters. The van der Waals surface area contributed by atoms with Crippen molar-refractivity contribution in [2.24, 2.45) is 7.05 Å². The van der Waals surface area contributed by atoms with Crippen LogP contribution in [0.2, 0.25) is 0 Å². The van der Waals surface area contributed by atoms with Crippen LogP contribution in [0.3, 0.4) is 0 Å². The summed E-state index contributed by atoms with van der Waals surface area (Å²) in [6, 6.07) is 0.437. The van der Waals surface area contributed by atoms with Crippen molar-refractivity contribution < 1.29 is 27.5 Å². The molecule has 2 N–H and O–H groups in total. The van der Waals surface area contributed by atoms with Gasteiger partial charge in [0.2, 0.25) is 10.0 Å². The Hall–Kier alpha value is -2.66. The van der Waals surface area contributed by atoms with Gasteiger partial charge in [0.15, 0.2) is 6.61 Å². The maximum Gasteiger partial charge on any atom is 0.355 e. The van der Waals surface area contributed by atoms with Crippen LogP contribution < -0.4 is 10.6 Å². The van der Waals surface area contributed by atoms with Gasteiger partial charge in [-0.2, -0.15) is 4.31 Å². The summed E-state index contributed by atoms with van der Waals surface area (Å²) in [6.07, 6.45) is 2.73. The molecule has 10 nitrogen and oxygen atoms in total. The fourth-order valence-electron chi connectivity index (χ4n) is 2.17. The summed E-state index contributed by atoms with van der Waals surface area (Å²) < 4.78 is 32.4. The molecule has 0 aliphatic carbocycles. The predicted octanol–water partition coefficient (Wildman–Crippen LogP) is 0.224. The van der Waals surface area contributed by atoms with Gasteiger partial charge in [0.05, 0.1) is 0 Å². The molecule has 0 atom stereocenters. The van der Waals surface area contributed by atoms with Crippen molar-refractivity contribution in [3.8, 4) is 0 Å². The Labute approximate surface area is 158 Å². The summed E-state index contributed by atoms with van der Waals surface area (Å²) in [5.41, 5.74) is -0.0374. The van der Waals surface area contributed by atoms with Crippen molar-refractivity contribution in [1.82, 2.24) is 19.5 Å². The van der Waals surface area contributed by atoms with E-state index >= 15 is 0 Å². The largest absolute Gasteiger partial charge is 0.451 e. The molecular formula is C16H24N4O6S. The number of imide groups is 1. The van der Waals surface area contributed by atoms with E-state index < -0.39 is 34.5 Å². The fourth-order valence-corrected chi connectivity index (χ4v) is 3.70. The lowest BCUT2D eigenvalue weighted by Crippen LogP contribution is -2.41. The van der Waals surface area contributed by atoms with Gasteiger partial charge in [-0.15, -0.1) is 6.58 Å². The van der Waals surface area contributed by atoms with Gasteiger partial charge in [0, 0.05) is 32.9 Å². The second-order valence-electron chi connectivity index (χ2n) is 5.38. The number of esters is 1. The van der Waals surface area contributed by atoms with Crippen molar-refractivity contribution in [2.75, 3.05) is 26.2 Å². The fraction of sp³-hybridized carbons (Fsp3) is 0.438. The summed E-state index contributed by atoms with van der Waals surface area (Å²) in [4.78, 5) is 35.0. The number of hydrogen-bond acceptors (Lipinski definition) is 6. The van der Waals surface area contributed by atoms with E-state index in [1.54, 1.807) is 13.8 Å². The van der Waals surface area contributed by atoms with Gasteiger partial charge < -0.3 is 14.6 Å². The number of amides is 3. The van der Waals surface area contributed by atoms with E-state index in [1.807, 2.05) is 5.32 Å². The molecular weight excluding hydrogens is 376 g/mol. The SMILES string of the molecule is C=CCNC(=O)NC(=O)COC(=O)c1cc(S(=O)(=O)N(CC)CC)cn1C. The van der Waals surface area contributed by atoms with Crippen LogP contribution >= 0.6 is 0 Å². The number of nitrogens with one attached hydrogen (secondary N) is 2. The summed E-state index contributed by atoms with van der Waals surface area (Å²) in [5.74, 6) is -1.71. The highest BCUT2D eigenvalue weighted by atomic mass is 32.2. The number of rotatable bonds is 9. The standard InChI is InChI=1S/C16H24N4O6S/c1-5-8-17-16(23)18-14(21)11-26-15(22)13-9-12(10-19(13)4)27(24,25)20(6-2)7-3/h5,9-10H,1,6-8,11H2,2-4H3,(H2,17,18,21,23). The molecule has 150 valence electrons. The van der Waals surface area contributed by atoms with Gasteiger partial charge >= 0.3 is 12.0 Å². The lowest BCUT2D eigenvalue weighted by Gasteiger charge is -2.17. The molecule has 1 aromatic rings. The number of aryl methyl sites for hydroxylation is 1. The monoisotopic (exact) mass is 400 g/mol. The third-order valence-corrected chi connectivity index (χ3v) is 5.54. The van der Waals surface area contributed by atoms with Gasteiger partial charge in [-0.3, -0.25) is 10.1 Å². The van der Waals surface area contributed by atoms with Gasteiger partial charge in [-0.25, -0.2) is 18.0 Å². The Kier molecular flexibility index (Phi) is 8.19. The first-order chi connectivity index (χ1) is 12.7. The second kappa shape index (κ2) is 9.88. The number of urea groups is 1. The first kappa shape index (κ1) is 22.4. The topological polar surface area (TPSA) is 127 Å². The Morgan fingerprint density at radius 2 is 1.93 bits per heavy atom. The lowest BCUT2D eigenvalue weighted by molar-refractivity contribution is -0.123. The van der Waals surface area contributed by atoms with E-state index in [1.165, 1.54) is 34.3 Å². The smallest absolute Gasteiger partial charge is 0.355 e. The van der Waals surface area contributed by atoms with Crippen molar-refractivity contribution in [3.05, 3.63) is 30.6 Å². The number of sulfonamides is 1. The molecule has 0 spiro atoms. The maximum absolute atomic E-state index is 12.5. The number of carbonyl (C=O) groups is 3. The summed E-state index contributed by atoms with van der Waals surface area (Å²) in [5, 5.41) is 4.30. The molecule has 0 aliphatic rings. The van der Waals surface area contributed by atoms with Crippen molar-refractivity contribution in [1.29, 1.82) is 0 Å². The first-order valence-corrected chi connectivity index (χ1v) is 9.63. The molecule has 0 bridgehead atoms. The minimum atomic E-state index is -3.73. The minimum Gasteiger partial charge on any atom is -0.451 e. The zero-order valence-corrected chi connectivity index (χ0v) is 16.3. The molecule has 0 aliphatic heterocycles. The highest BCUT2D eigenvalue weighted by molar-refractivity contribution is 7.89. The van der Waals surface area contributed by atoms with Crippen LogP contribution in [0, 0.1) is 0 Å². The van der Waals surface area contributed by atoms with Gasteiger partial charge in [0.1, 0.15) is 10.6 Å². The molecule has 1 aromatic heterocycles. The van der Waals surface area contributed by atoms with E-state index in [4.69, 9.17) is 4.74 Å². The Balaban J connectivity index is 2.77. The van der Waals surface area contributed by atoms with Crippen LogP contribution in [0.15, 0.2) is 29.8 Å². The van der Waals surface area contributed by atoms with E-state index in [0.717, 1.165) is 0 Å². The molecule has 0 aromatic carbocycles. The normalized spacial score (nSPS) is 11.1. The van der Waals surface area contributed by atoms with Crippen LogP contribution in [-0.4, -0.2) is 61.4 Å².